The first-order chi connectivity index (χ1) is 9.49. The molecule has 0 saturated carbocycles. The highest BCUT2D eigenvalue weighted by molar-refractivity contribution is 5.29. The van der Waals surface area contributed by atoms with Crippen molar-refractivity contribution in [2.24, 2.45) is 5.92 Å². The maximum absolute atomic E-state index is 13.8. The largest absolute Gasteiger partial charge is 0.488 e. The number of ether oxygens (including phenoxy) is 2. The van der Waals surface area contributed by atoms with E-state index in [0.717, 1.165) is 5.56 Å². The maximum Gasteiger partial charge on any atom is 0.165 e. The van der Waals surface area contributed by atoms with Gasteiger partial charge in [0.15, 0.2) is 11.6 Å². The van der Waals surface area contributed by atoms with Crippen LogP contribution in [0.2, 0.25) is 0 Å². The van der Waals surface area contributed by atoms with E-state index < -0.39 is 0 Å². The predicted octanol–water partition coefficient (Wildman–Crippen LogP) is 3.38. The third-order valence-corrected chi connectivity index (χ3v) is 2.65. The molecular weight excluding hydrogens is 257 g/mol. The Balaban J connectivity index is 2.36. The third-order valence-electron chi connectivity index (χ3n) is 2.65. The lowest BCUT2D eigenvalue weighted by Gasteiger charge is -2.11. The van der Waals surface area contributed by atoms with E-state index >= 15 is 0 Å². The molecule has 0 bridgehead atoms. The Morgan fingerprint density at radius 3 is 2.50 bits per heavy atom. The second-order valence-electron chi connectivity index (χ2n) is 5.62. The van der Waals surface area contributed by atoms with Crippen molar-refractivity contribution in [3.63, 3.8) is 0 Å². The Labute approximate surface area is 121 Å². The van der Waals surface area contributed by atoms with Gasteiger partial charge in [0.1, 0.15) is 6.61 Å². The first-order valence-electron chi connectivity index (χ1n) is 7.21. The van der Waals surface area contributed by atoms with E-state index in [0.29, 0.717) is 38.3 Å². The molecule has 0 aliphatic heterocycles. The van der Waals surface area contributed by atoms with Gasteiger partial charge < -0.3 is 14.8 Å². The highest BCUT2D eigenvalue weighted by Crippen LogP contribution is 2.18. The molecule has 1 aromatic rings. The monoisotopic (exact) mass is 283 g/mol. The van der Waals surface area contributed by atoms with E-state index in [1.54, 1.807) is 6.07 Å². The lowest BCUT2D eigenvalue weighted by atomic mass is 10.2. The third kappa shape index (κ3) is 6.87. The molecule has 1 N–H and O–H groups in total. The summed E-state index contributed by atoms with van der Waals surface area (Å²) in [6.45, 7) is 10.5. The summed E-state index contributed by atoms with van der Waals surface area (Å²) in [6, 6.07) is 5.45. The molecule has 0 fully saturated rings. The van der Waals surface area contributed by atoms with Gasteiger partial charge in [-0.05, 0) is 23.6 Å². The van der Waals surface area contributed by atoms with Crippen LogP contribution < -0.4 is 10.1 Å². The highest BCUT2D eigenvalue weighted by atomic mass is 19.1. The van der Waals surface area contributed by atoms with E-state index in [9.17, 15) is 4.39 Å². The van der Waals surface area contributed by atoms with Gasteiger partial charge in [0, 0.05) is 19.2 Å². The summed E-state index contributed by atoms with van der Waals surface area (Å²) in [4.78, 5) is 0. The molecule has 0 unspecified atom stereocenters. The molecule has 0 aliphatic rings. The molecule has 3 nitrogen and oxygen atoms in total. The van der Waals surface area contributed by atoms with Crippen LogP contribution >= 0.6 is 0 Å². The van der Waals surface area contributed by atoms with Crippen molar-refractivity contribution >= 4 is 0 Å². The molecule has 20 heavy (non-hydrogen) atoms. The van der Waals surface area contributed by atoms with Gasteiger partial charge in [0.2, 0.25) is 0 Å². The maximum atomic E-state index is 13.8. The second kappa shape index (κ2) is 8.93. The topological polar surface area (TPSA) is 30.5 Å². The fourth-order valence-electron chi connectivity index (χ4n) is 1.62. The first kappa shape index (κ1) is 16.9. The van der Waals surface area contributed by atoms with Crippen LogP contribution in [0.1, 0.15) is 33.3 Å². The van der Waals surface area contributed by atoms with Crippen molar-refractivity contribution in [3.05, 3.63) is 29.6 Å². The SMILES string of the molecule is CC(C)COCCOc1ccc(CNC(C)C)cc1F. The van der Waals surface area contributed by atoms with E-state index in [2.05, 4.69) is 33.0 Å². The number of benzene rings is 1. The molecule has 0 atom stereocenters. The molecule has 0 amide bonds. The van der Waals surface area contributed by atoms with Crippen LogP contribution in [-0.2, 0) is 11.3 Å². The molecule has 0 radical (unpaired) electrons. The van der Waals surface area contributed by atoms with Crippen molar-refractivity contribution in [1.29, 1.82) is 0 Å². The van der Waals surface area contributed by atoms with Crippen LogP contribution in [0.3, 0.4) is 0 Å². The lowest BCUT2D eigenvalue weighted by Crippen LogP contribution is -2.21. The minimum absolute atomic E-state index is 0.284. The molecule has 1 rings (SSSR count). The summed E-state index contributed by atoms with van der Waals surface area (Å²) in [7, 11) is 0. The van der Waals surface area contributed by atoms with Gasteiger partial charge in [0.05, 0.1) is 6.61 Å². The first-order valence-corrected chi connectivity index (χ1v) is 7.21. The number of rotatable bonds is 9. The van der Waals surface area contributed by atoms with Crippen molar-refractivity contribution < 1.29 is 13.9 Å². The number of hydrogen-bond acceptors (Lipinski definition) is 3. The number of nitrogens with one attached hydrogen (secondary N) is 1. The van der Waals surface area contributed by atoms with Crippen LogP contribution in [0.15, 0.2) is 18.2 Å². The molecule has 114 valence electrons. The average Bonchev–Trinajstić information content (AvgIpc) is 2.37. The molecule has 0 spiro atoms. The van der Waals surface area contributed by atoms with Crippen LogP contribution in [0.5, 0.6) is 5.75 Å². The quantitative estimate of drug-likeness (QED) is 0.705. The van der Waals surface area contributed by atoms with Crippen molar-refractivity contribution in [2.75, 3.05) is 19.8 Å². The van der Waals surface area contributed by atoms with Crippen molar-refractivity contribution in [1.82, 2.24) is 5.32 Å². The zero-order chi connectivity index (χ0) is 15.0. The molecule has 0 heterocycles. The fourth-order valence-corrected chi connectivity index (χ4v) is 1.62. The van der Waals surface area contributed by atoms with Gasteiger partial charge in [-0.2, -0.15) is 0 Å². The summed E-state index contributed by atoms with van der Waals surface area (Å²) in [5, 5.41) is 3.25. The summed E-state index contributed by atoms with van der Waals surface area (Å²) < 4.78 is 24.6. The van der Waals surface area contributed by atoms with Crippen LogP contribution in [0.25, 0.3) is 0 Å². The van der Waals surface area contributed by atoms with Crippen molar-refractivity contribution in [3.8, 4) is 5.75 Å². The minimum atomic E-state index is -0.322. The normalized spacial score (nSPS) is 11.3. The Kier molecular flexibility index (Phi) is 7.55. The fraction of sp³-hybridized carbons (Fsp3) is 0.625. The summed E-state index contributed by atoms with van der Waals surface area (Å²) in [5.74, 6) is 0.461. The summed E-state index contributed by atoms with van der Waals surface area (Å²) in [5.41, 5.74) is 0.916. The minimum Gasteiger partial charge on any atom is -0.488 e. The zero-order valence-corrected chi connectivity index (χ0v) is 12.9. The van der Waals surface area contributed by atoms with Gasteiger partial charge in [-0.1, -0.05) is 33.8 Å². The lowest BCUT2D eigenvalue weighted by molar-refractivity contribution is 0.0808. The van der Waals surface area contributed by atoms with Gasteiger partial charge in [-0.15, -0.1) is 0 Å². The Hall–Kier alpha value is -1.13. The Bertz CT molecular complexity index is 394. The predicted molar refractivity (Wildman–Crippen MR) is 79.5 cm³/mol. The molecule has 1 aromatic carbocycles. The molecule has 0 aromatic heterocycles. The van der Waals surface area contributed by atoms with E-state index in [4.69, 9.17) is 9.47 Å². The Morgan fingerprint density at radius 2 is 1.90 bits per heavy atom. The van der Waals surface area contributed by atoms with Gasteiger partial charge >= 0.3 is 0 Å². The van der Waals surface area contributed by atoms with Gasteiger partial charge in [-0.3, -0.25) is 0 Å². The van der Waals surface area contributed by atoms with Crippen LogP contribution in [0.4, 0.5) is 4.39 Å². The summed E-state index contributed by atoms with van der Waals surface area (Å²) >= 11 is 0. The van der Waals surface area contributed by atoms with Gasteiger partial charge in [-0.25, -0.2) is 4.39 Å². The number of halogens is 1. The molecule has 0 aliphatic carbocycles. The van der Waals surface area contributed by atoms with E-state index in [1.807, 2.05) is 6.07 Å². The smallest absolute Gasteiger partial charge is 0.165 e. The van der Waals surface area contributed by atoms with Crippen LogP contribution in [-0.4, -0.2) is 25.9 Å². The van der Waals surface area contributed by atoms with Gasteiger partial charge in [0.25, 0.3) is 0 Å². The summed E-state index contributed by atoms with van der Waals surface area (Å²) in [6.07, 6.45) is 0. The standard InChI is InChI=1S/C16H26FNO2/c1-12(2)11-19-7-8-20-16-6-5-14(9-15(16)17)10-18-13(3)4/h5-6,9,12-13,18H,7-8,10-11H2,1-4H3. The average molecular weight is 283 g/mol. The van der Waals surface area contributed by atoms with E-state index in [-0.39, 0.29) is 11.6 Å². The molecule has 0 saturated heterocycles. The van der Waals surface area contributed by atoms with Crippen molar-refractivity contribution in [2.45, 2.75) is 40.3 Å². The van der Waals surface area contributed by atoms with E-state index in [1.165, 1.54) is 6.07 Å². The zero-order valence-electron chi connectivity index (χ0n) is 12.9. The highest BCUT2D eigenvalue weighted by Gasteiger charge is 2.05. The second-order valence-corrected chi connectivity index (χ2v) is 5.62. The molecular formula is C16H26FNO2. The molecule has 4 heteroatoms. The van der Waals surface area contributed by atoms with Crippen LogP contribution in [0, 0.1) is 11.7 Å². The Morgan fingerprint density at radius 1 is 1.15 bits per heavy atom. The number of hydrogen-bond donors (Lipinski definition) is 1.